The van der Waals surface area contributed by atoms with Gasteiger partial charge in [0.05, 0.1) is 13.2 Å². The number of ether oxygens (including phenoxy) is 1. The minimum absolute atomic E-state index is 0.0398. The van der Waals surface area contributed by atoms with Crippen LogP contribution in [0.1, 0.15) is 24.3 Å². The van der Waals surface area contributed by atoms with E-state index in [0.717, 1.165) is 6.42 Å². The Bertz CT molecular complexity index is 491. The SMILES string of the molecule is COc1cccc(C2CCNC(C(=O)N(C)C)C2)c1F. The summed E-state index contributed by atoms with van der Waals surface area (Å²) in [6.45, 7) is 0.714. The number of halogens is 1. The van der Waals surface area contributed by atoms with Crippen molar-refractivity contribution in [2.24, 2.45) is 0 Å². The summed E-state index contributed by atoms with van der Waals surface area (Å²) in [6.07, 6.45) is 1.43. The van der Waals surface area contributed by atoms with Crippen molar-refractivity contribution in [3.63, 3.8) is 0 Å². The van der Waals surface area contributed by atoms with Gasteiger partial charge >= 0.3 is 0 Å². The highest BCUT2D eigenvalue weighted by Gasteiger charge is 2.30. The summed E-state index contributed by atoms with van der Waals surface area (Å²) < 4.78 is 19.3. The highest BCUT2D eigenvalue weighted by atomic mass is 19.1. The minimum Gasteiger partial charge on any atom is -0.494 e. The first-order chi connectivity index (χ1) is 9.54. The van der Waals surface area contributed by atoms with Crippen LogP contribution in [-0.2, 0) is 4.79 Å². The number of hydrogen-bond acceptors (Lipinski definition) is 3. The molecule has 0 saturated carbocycles. The summed E-state index contributed by atoms with van der Waals surface area (Å²) in [6, 6.07) is 4.95. The van der Waals surface area contributed by atoms with Crippen LogP contribution in [0.5, 0.6) is 5.75 Å². The van der Waals surface area contributed by atoms with Crippen LogP contribution in [0.2, 0.25) is 0 Å². The lowest BCUT2D eigenvalue weighted by molar-refractivity contribution is -0.131. The van der Waals surface area contributed by atoms with Gasteiger partial charge < -0.3 is 15.0 Å². The van der Waals surface area contributed by atoms with E-state index in [1.165, 1.54) is 7.11 Å². The van der Waals surface area contributed by atoms with Crippen LogP contribution in [0.4, 0.5) is 4.39 Å². The molecule has 0 radical (unpaired) electrons. The first-order valence-corrected chi connectivity index (χ1v) is 6.81. The van der Waals surface area contributed by atoms with Crippen LogP contribution >= 0.6 is 0 Å². The predicted molar refractivity (Wildman–Crippen MR) is 75.4 cm³/mol. The fourth-order valence-corrected chi connectivity index (χ4v) is 2.70. The van der Waals surface area contributed by atoms with E-state index >= 15 is 0 Å². The second-order valence-electron chi connectivity index (χ2n) is 5.32. The number of carbonyl (C=O) groups excluding carboxylic acids is 1. The van der Waals surface area contributed by atoms with Crippen LogP contribution in [0.15, 0.2) is 18.2 Å². The Kier molecular flexibility index (Phi) is 4.60. The fourth-order valence-electron chi connectivity index (χ4n) is 2.70. The summed E-state index contributed by atoms with van der Waals surface area (Å²) >= 11 is 0. The topological polar surface area (TPSA) is 41.6 Å². The van der Waals surface area contributed by atoms with Crippen molar-refractivity contribution in [2.75, 3.05) is 27.7 Å². The Morgan fingerprint density at radius 2 is 2.20 bits per heavy atom. The lowest BCUT2D eigenvalue weighted by Crippen LogP contribution is -2.47. The van der Waals surface area contributed by atoms with Crippen molar-refractivity contribution >= 4 is 5.91 Å². The molecule has 2 rings (SSSR count). The number of amides is 1. The molecule has 1 aromatic carbocycles. The number of carbonyl (C=O) groups is 1. The molecular formula is C15H21FN2O2. The number of nitrogens with zero attached hydrogens (tertiary/aromatic N) is 1. The van der Waals surface area contributed by atoms with Gasteiger partial charge in [0.25, 0.3) is 0 Å². The third kappa shape index (κ3) is 2.93. The molecule has 0 aromatic heterocycles. The van der Waals surface area contributed by atoms with Crippen LogP contribution in [0.3, 0.4) is 0 Å². The molecule has 4 nitrogen and oxygen atoms in total. The van der Waals surface area contributed by atoms with Crippen molar-refractivity contribution in [3.8, 4) is 5.75 Å². The van der Waals surface area contributed by atoms with Crippen LogP contribution in [0, 0.1) is 5.82 Å². The first kappa shape index (κ1) is 14.8. The highest BCUT2D eigenvalue weighted by molar-refractivity contribution is 5.81. The second kappa shape index (κ2) is 6.22. The molecule has 0 bridgehead atoms. The van der Waals surface area contributed by atoms with Gasteiger partial charge in [-0.25, -0.2) is 4.39 Å². The predicted octanol–water partition coefficient (Wildman–Crippen LogP) is 1.76. The van der Waals surface area contributed by atoms with Gasteiger partial charge in [0.1, 0.15) is 0 Å². The Balaban J connectivity index is 2.19. The van der Waals surface area contributed by atoms with Crippen LogP contribution < -0.4 is 10.1 Å². The highest BCUT2D eigenvalue weighted by Crippen LogP contribution is 2.33. The molecule has 2 unspecified atom stereocenters. The smallest absolute Gasteiger partial charge is 0.239 e. The molecule has 0 spiro atoms. The molecule has 1 aliphatic rings. The van der Waals surface area contributed by atoms with Crippen LogP contribution in [0.25, 0.3) is 0 Å². The van der Waals surface area contributed by atoms with Gasteiger partial charge in [-0.3, -0.25) is 4.79 Å². The summed E-state index contributed by atoms with van der Waals surface area (Å²) in [7, 11) is 4.93. The van der Waals surface area contributed by atoms with E-state index in [0.29, 0.717) is 18.5 Å². The molecule has 1 N–H and O–H groups in total. The summed E-state index contributed by atoms with van der Waals surface area (Å²) in [5.41, 5.74) is 0.641. The molecule has 0 aliphatic carbocycles. The largest absolute Gasteiger partial charge is 0.494 e. The van der Waals surface area contributed by atoms with E-state index < -0.39 is 0 Å². The Labute approximate surface area is 118 Å². The molecule has 5 heteroatoms. The average molecular weight is 280 g/mol. The summed E-state index contributed by atoms with van der Waals surface area (Å²) in [4.78, 5) is 13.6. The van der Waals surface area contributed by atoms with Gasteiger partial charge in [-0.1, -0.05) is 12.1 Å². The minimum atomic E-state index is -0.307. The number of methoxy groups -OCH3 is 1. The summed E-state index contributed by atoms with van der Waals surface area (Å²) in [5.74, 6) is 0.0349. The molecule has 1 saturated heterocycles. The van der Waals surface area contributed by atoms with Crippen molar-refractivity contribution < 1.29 is 13.9 Å². The Morgan fingerprint density at radius 3 is 2.85 bits per heavy atom. The number of benzene rings is 1. The number of nitrogens with one attached hydrogen (secondary N) is 1. The van der Waals surface area contributed by atoms with E-state index in [1.807, 2.05) is 0 Å². The zero-order chi connectivity index (χ0) is 14.7. The number of likely N-dealkylation sites (N-methyl/N-ethyl adjacent to an activating group) is 1. The molecular weight excluding hydrogens is 259 g/mol. The zero-order valence-corrected chi connectivity index (χ0v) is 12.1. The normalized spacial score (nSPS) is 22.4. The van der Waals surface area contributed by atoms with E-state index in [9.17, 15) is 9.18 Å². The Morgan fingerprint density at radius 1 is 1.45 bits per heavy atom. The molecule has 1 fully saturated rings. The quantitative estimate of drug-likeness (QED) is 0.917. The summed E-state index contributed by atoms with van der Waals surface area (Å²) in [5, 5.41) is 3.20. The van der Waals surface area contributed by atoms with Gasteiger partial charge in [0, 0.05) is 14.1 Å². The molecule has 1 aliphatic heterocycles. The first-order valence-electron chi connectivity index (χ1n) is 6.81. The molecule has 2 atom stereocenters. The zero-order valence-electron chi connectivity index (χ0n) is 12.1. The lowest BCUT2D eigenvalue weighted by Gasteiger charge is -2.31. The Hall–Kier alpha value is -1.62. The third-order valence-electron chi connectivity index (χ3n) is 3.80. The number of rotatable bonds is 3. The average Bonchev–Trinajstić information content (AvgIpc) is 2.46. The van der Waals surface area contributed by atoms with Crippen molar-refractivity contribution in [1.82, 2.24) is 10.2 Å². The van der Waals surface area contributed by atoms with Gasteiger partial charge in [-0.15, -0.1) is 0 Å². The fraction of sp³-hybridized carbons (Fsp3) is 0.533. The van der Waals surface area contributed by atoms with Crippen LogP contribution in [-0.4, -0.2) is 44.6 Å². The number of hydrogen-bond donors (Lipinski definition) is 1. The standard InChI is InChI=1S/C15H21FN2O2/c1-18(2)15(19)12-9-10(7-8-17-12)11-5-4-6-13(20-3)14(11)16/h4-6,10,12,17H,7-9H2,1-3H3. The number of piperidine rings is 1. The monoisotopic (exact) mass is 280 g/mol. The van der Waals surface area contributed by atoms with Crippen molar-refractivity contribution in [3.05, 3.63) is 29.6 Å². The lowest BCUT2D eigenvalue weighted by atomic mass is 9.85. The van der Waals surface area contributed by atoms with E-state index in [1.54, 1.807) is 37.2 Å². The molecule has 110 valence electrons. The maximum Gasteiger partial charge on any atom is 0.239 e. The van der Waals surface area contributed by atoms with Crippen molar-refractivity contribution in [2.45, 2.75) is 24.8 Å². The second-order valence-corrected chi connectivity index (χ2v) is 5.32. The molecule has 1 heterocycles. The molecule has 20 heavy (non-hydrogen) atoms. The third-order valence-corrected chi connectivity index (χ3v) is 3.80. The maximum absolute atomic E-state index is 14.3. The molecule has 1 aromatic rings. The van der Waals surface area contributed by atoms with E-state index in [2.05, 4.69) is 5.32 Å². The van der Waals surface area contributed by atoms with E-state index in [-0.39, 0.29) is 29.4 Å². The van der Waals surface area contributed by atoms with Gasteiger partial charge in [0.15, 0.2) is 11.6 Å². The van der Waals surface area contributed by atoms with Crippen molar-refractivity contribution in [1.29, 1.82) is 0 Å². The van der Waals surface area contributed by atoms with Gasteiger partial charge in [0.2, 0.25) is 5.91 Å². The van der Waals surface area contributed by atoms with E-state index in [4.69, 9.17) is 4.74 Å². The van der Waals surface area contributed by atoms with Gasteiger partial charge in [-0.2, -0.15) is 0 Å². The maximum atomic E-state index is 14.3. The van der Waals surface area contributed by atoms with Gasteiger partial charge in [-0.05, 0) is 36.9 Å². The molecule has 1 amide bonds.